The van der Waals surface area contributed by atoms with Gasteiger partial charge in [0.2, 0.25) is 0 Å². The second-order valence-electron chi connectivity index (χ2n) is 7.17. The fourth-order valence-corrected chi connectivity index (χ4v) is 5.14. The Morgan fingerprint density at radius 3 is 2.44 bits per heavy atom. The summed E-state index contributed by atoms with van der Waals surface area (Å²) in [6, 6.07) is 18.3. The van der Waals surface area contributed by atoms with Crippen molar-refractivity contribution in [2.45, 2.75) is 13.5 Å². The second-order valence-corrected chi connectivity index (χ2v) is 10.7. The van der Waals surface area contributed by atoms with Gasteiger partial charge in [-0.2, -0.15) is 0 Å². The molecule has 1 aliphatic rings. The zero-order chi connectivity index (χ0) is 24.2. The second kappa shape index (κ2) is 11.2. The standard InChI is InChI=1S/C25H18BrClINO4S/c1-2-32-21-12-16(11-20(26)23(21)33-14-15-3-7-18(28)8-4-15)13-22-24(30)29(25(31)34-22)19-9-5-17(27)6-10-19/h3-13H,2,14H2,1H3/b22-13+. The van der Waals surface area contributed by atoms with E-state index in [2.05, 4.69) is 38.5 Å². The molecule has 5 nitrogen and oxygen atoms in total. The molecule has 9 heteroatoms. The van der Waals surface area contributed by atoms with Crippen LogP contribution < -0.4 is 14.4 Å². The third-order valence-electron chi connectivity index (χ3n) is 4.80. The normalized spacial score (nSPS) is 14.7. The summed E-state index contributed by atoms with van der Waals surface area (Å²) in [5, 5.41) is 0.170. The van der Waals surface area contributed by atoms with Gasteiger partial charge >= 0.3 is 0 Å². The van der Waals surface area contributed by atoms with Crippen molar-refractivity contribution >= 4 is 84.8 Å². The van der Waals surface area contributed by atoms with Gasteiger partial charge in [0.05, 0.1) is 21.7 Å². The third-order valence-corrected chi connectivity index (χ3v) is 7.23. The van der Waals surface area contributed by atoms with Crippen LogP contribution in [0.1, 0.15) is 18.1 Å². The third kappa shape index (κ3) is 5.79. The van der Waals surface area contributed by atoms with Crippen LogP contribution in [0.5, 0.6) is 11.5 Å². The number of anilines is 1. The molecule has 0 atom stereocenters. The largest absolute Gasteiger partial charge is 0.490 e. The summed E-state index contributed by atoms with van der Waals surface area (Å²) in [6.45, 7) is 2.72. The molecule has 0 aromatic heterocycles. The number of rotatable bonds is 7. The number of imide groups is 1. The van der Waals surface area contributed by atoms with Crippen LogP contribution in [0.3, 0.4) is 0 Å². The summed E-state index contributed by atoms with van der Waals surface area (Å²) in [7, 11) is 0. The van der Waals surface area contributed by atoms with E-state index in [0.717, 1.165) is 25.8 Å². The minimum atomic E-state index is -0.384. The van der Waals surface area contributed by atoms with Crippen LogP contribution in [0.15, 0.2) is 70.0 Å². The Hall–Kier alpha value is -2.01. The molecule has 4 rings (SSSR count). The van der Waals surface area contributed by atoms with Crippen molar-refractivity contribution < 1.29 is 19.1 Å². The van der Waals surface area contributed by atoms with E-state index >= 15 is 0 Å². The molecule has 1 saturated heterocycles. The summed E-state index contributed by atoms with van der Waals surface area (Å²) in [5.41, 5.74) is 2.22. The lowest BCUT2D eigenvalue weighted by Gasteiger charge is -2.15. The molecule has 1 fully saturated rings. The molecule has 0 bridgehead atoms. The van der Waals surface area contributed by atoms with Crippen LogP contribution in [0.25, 0.3) is 6.08 Å². The number of amides is 2. The monoisotopic (exact) mass is 669 g/mol. The maximum absolute atomic E-state index is 13.0. The Balaban J connectivity index is 1.59. The smallest absolute Gasteiger partial charge is 0.298 e. The van der Waals surface area contributed by atoms with E-state index in [9.17, 15) is 9.59 Å². The zero-order valence-corrected chi connectivity index (χ0v) is 23.2. The van der Waals surface area contributed by atoms with Gasteiger partial charge < -0.3 is 9.47 Å². The van der Waals surface area contributed by atoms with Gasteiger partial charge in [-0.05, 0) is 123 Å². The number of nitrogens with zero attached hydrogens (tertiary/aromatic N) is 1. The minimum Gasteiger partial charge on any atom is -0.490 e. The van der Waals surface area contributed by atoms with Gasteiger partial charge in [-0.1, -0.05) is 23.7 Å². The van der Waals surface area contributed by atoms with Gasteiger partial charge in [-0.15, -0.1) is 0 Å². The zero-order valence-electron chi connectivity index (χ0n) is 17.9. The molecule has 174 valence electrons. The van der Waals surface area contributed by atoms with Gasteiger partial charge in [0.1, 0.15) is 6.61 Å². The fourth-order valence-electron chi connectivity index (χ4n) is 3.24. The first-order valence-corrected chi connectivity index (χ1v) is 13.3. The fraction of sp³-hybridized carbons (Fsp3) is 0.120. The molecule has 0 saturated carbocycles. The molecule has 0 unspecified atom stereocenters. The average Bonchev–Trinajstić information content (AvgIpc) is 3.08. The highest BCUT2D eigenvalue weighted by Gasteiger charge is 2.36. The van der Waals surface area contributed by atoms with Gasteiger partial charge in [0.15, 0.2) is 11.5 Å². The van der Waals surface area contributed by atoms with Crippen molar-refractivity contribution in [1.29, 1.82) is 0 Å². The van der Waals surface area contributed by atoms with E-state index in [1.54, 1.807) is 36.4 Å². The predicted molar refractivity (Wildman–Crippen MR) is 149 cm³/mol. The summed E-state index contributed by atoms with van der Waals surface area (Å²) >= 11 is 12.6. The average molecular weight is 671 g/mol. The van der Waals surface area contributed by atoms with Crippen molar-refractivity contribution in [2.75, 3.05) is 11.5 Å². The van der Waals surface area contributed by atoms with E-state index in [4.69, 9.17) is 21.1 Å². The number of benzene rings is 3. The highest BCUT2D eigenvalue weighted by Crippen LogP contribution is 2.40. The first-order valence-electron chi connectivity index (χ1n) is 10.2. The van der Waals surface area contributed by atoms with Gasteiger partial charge in [0, 0.05) is 8.59 Å². The molecular formula is C25H18BrClINO4S. The molecule has 34 heavy (non-hydrogen) atoms. The molecular weight excluding hydrogens is 653 g/mol. The van der Waals surface area contributed by atoms with Crippen LogP contribution in [0, 0.1) is 3.57 Å². The molecule has 1 heterocycles. The first-order chi connectivity index (χ1) is 16.4. The maximum Gasteiger partial charge on any atom is 0.298 e. The van der Waals surface area contributed by atoms with Crippen molar-refractivity contribution in [3.63, 3.8) is 0 Å². The molecule has 0 spiro atoms. The van der Waals surface area contributed by atoms with E-state index in [1.165, 1.54) is 0 Å². The number of hydrogen-bond acceptors (Lipinski definition) is 5. The van der Waals surface area contributed by atoms with Crippen LogP contribution in [0.4, 0.5) is 10.5 Å². The van der Waals surface area contributed by atoms with Crippen LogP contribution >= 0.6 is 61.9 Å². The summed E-state index contributed by atoms with van der Waals surface area (Å²) < 4.78 is 13.7. The van der Waals surface area contributed by atoms with Gasteiger partial charge in [-0.25, -0.2) is 4.90 Å². The van der Waals surface area contributed by atoms with Crippen molar-refractivity contribution in [3.8, 4) is 11.5 Å². The molecule has 0 radical (unpaired) electrons. The summed E-state index contributed by atoms with van der Waals surface area (Å²) in [4.78, 5) is 27.0. The number of ether oxygens (including phenoxy) is 2. The molecule has 3 aromatic rings. The lowest BCUT2D eigenvalue weighted by atomic mass is 10.1. The number of carbonyl (C=O) groups is 2. The Morgan fingerprint density at radius 1 is 1.06 bits per heavy atom. The number of halogens is 3. The van der Waals surface area contributed by atoms with Crippen molar-refractivity contribution in [2.24, 2.45) is 0 Å². The van der Waals surface area contributed by atoms with E-state index in [0.29, 0.717) is 50.4 Å². The summed E-state index contributed by atoms with van der Waals surface area (Å²) in [5.74, 6) is 0.739. The van der Waals surface area contributed by atoms with Crippen molar-refractivity contribution in [1.82, 2.24) is 0 Å². The van der Waals surface area contributed by atoms with E-state index in [1.807, 2.05) is 37.3 Å². The lowest BCUT2D eigenvalue weighted by molar-refractivity contribution is -0.113. The van der Waals surface area contributed by atoms with Crippen LogP contribution in [-0.2, 0) is 11.4 Å². The molecule has 0 N–H and O–H groups in total. The van der Waals surface area contributed by atoms with Crippen molar-refractivity contribution in [3.05, 3.63) is 89.8 Å². The van der Waals surface area contributed by atoms with E-state index in [-0.39, 0.29) is 11.1 Å². The van der Waals surface area contributed by atoms with E-state index < -0.39 is 0 Å². The molecule has 1 aliphatic heterocycles. The number of carbonyl (C=O) groups excluding carboxylic acids is 2. The molecule has 2 amide bonds. The highest BCUT2D eigenvalue weighted by molar-refractivity contribution is 14.1. The van der Waals surface area contributed by atoms with Crippen LogP contribution in [-0.4, -0.2) is 17.8 Å². The van der Waals surface area contributed by atoms with Gasteiger partial charge in [-0.3, -0.25) is 9.59 Å². The highest BCUT2D eigenvalue weighted by atomic mass is 127. The number of hydrogen-bond donors (Lipinski definition) is 0. The lowest BCUT2D eigenvalue weighted by Crippen LogP contribution is -2.27. The summed E-state index contributed by atoms with van der Waals surface area (Å²) in [6.07, 6.45) is 1.68. The minimum absolute atomic E-state index is 0.321. The Labute approximate surface area is 228 Å². The molecule has 0 aliphatic carbocycles. The SMILES string of the molecule is CCOc1cc(/C=C2/SC(=O)N(c3ccc(Cl)cc3)C2=O)cc(Br)c1OCc1ccc(I)cc1. The number of thioether (sulfide) groups is 1. The predicted octanol–water partition coefficient (Wildman–Crippen LogP) is 7.93. The first kappa shape index (κ1) is 25.1. The Kier molecular flexibility index (Phi) is 8.23. The van der Waals surface area contributed by atoms with Gasteiger partial charge in [0.25, 0.3) is 11.1 Å². The van der Waals surface area contributed by atoms with Crippen LogP contribution in [0.2, 0.25) is 5.02 Å². The molecule has 3 aromatic carbocycles. The topological polar surface area (TPSA) is 55.8 Å². The quantitative estimate of drug-likeness (QED) is 0.189. The Morgan fingerprint density at radius 2 is 1.76 bits per heavy atom. The Bertz CT molecular complexity index is 1270. The maximum atomic E-state index is 13.0.